The normalized spacial score (nSPS) is 13.3. The van der Waals surface area contributed by atoms with Gasteiger partial charge in [0.15, 0.2) is 11.5 Å². The highest BCUT2D eigenvalue weighted by atomic mass is 16.5. The lowest BCUT2D eigenvalue weighted by Gasteiger charge is -2.19. The lowest BCUT2D eigenvalue weighted by molar-refractivity contribution is -0.111. The van der Waals surface area contributed by atoms with Gasteiger partial charge in [0.05, 0.1) is 32.1 Å². The Morgan fingerprint density at radius 3 is 2.39 bits per heavy atom. The summed E-state index contributed by atoms with van der Waals surface area (Å²) < 4.78 is 16.3. The van der Waals surface area contributed by atoms with Crippen molar-refractivity contribution in [3.05, 3.63) is 53.6 Å². The molecule has 1 aliphatic rings. The Balaban J connectivity index is 1.87. The predicted molar refractivity (Wildman–Crippen MR) is 120 cm³/mol. The van der Waals surface area contributed by atoms with Gasteiger partial charge >= 0.3 is 0 Å². The molecule has 1 aliphatic heterocycles. The number of ether oxygens (including phenoxy) is 3. The maximum Gasteiger partial charge on any atom is 0.256 e. The van der Waals surface area contributed by atoms with E-state index < -0.39 is 0 Å². The van der Waals surface area contributed by atoms with Gasteiger partial charge in [0.25, 0.3) is 5.91 Å². The van der Waals surface area contributed by atoms with Gasteiger partial charge in [-0.25, -0.2) is 0 Å². The summed E-state index contributed by atoms with van der Waals surface area (Å²) in [4.78, 5) is 27.5. The Bertz CT molecular complexity index is 964. The quantitative estimate of drug-likeness (QED) is 0.649. The van der Waals surface area contributed by atoms with Crippen LogP contribution in [0.2, 0.25) is 0 Å². The monoisotopic (exact) mass is 424 g/mol. The molecular weight excluding hydrogens is 396 g/mol. The molecule has 0 unspecified atom stereocenters. The molecule has 0 aliphatic carbocycles. The highest BCUT2D eigenvalue weighted by molar-refractivity contribution is 6.08. The largest absolute Gasteiger partial charge is 0.493 e. The summed E-state index contributed by atoms with van der Waals surface area (Å²) in [6.07, 6.45) is 5.05. The first-order valence-electron chi connectivity index (χ1n) is 10.3. The van der Waals surface area contributed by atoms with Crippen molar-refractivity contribution in [2.45, 2.75) is 19.8 Å². The van der Waals surface area contributed by atoms with Crippen molar-refractivity contribution in [1.29, 1.82) is 0 Å². The highest BCUT2D eigenvalue weighted by Gasteiger charge is 2.24. The van der Waals surface area contributed by atoms with Crippen LogP contribution < -0.4 is 19.5 Å². The van der Waals surface area contributed by atoms with Crippen molar-refractivity contribution in [3.63, 3.8) is 0 Å². The minimum Gasteiger partial charge on any atom is -0.493 e. The summed E-state index contributed by atoms with van der Waals surface area (Å²) >= 11 is 0. The van der Waals surface area contributed by atoms with Gasteiger partial charge in [0.2, 0.25) is 5.91 Å². The van der Waals surface area contributed by atoms with Crippen molar-refractivity contribution in [2.24, 2.45) is 0 Å². The number of rotatable bonds is 8. The van der Waals surface area contributed by atoms with Gasteiger partial charge in [-0.15, -0.1) is 0 Å². The fourth-order valence-corrected chi connectivity index (χ4v) is 3.49. The molecule has 1 saturated heterocycles. The van der Waals surface area contributed by atoms with Crippen LogP contribution in [0.1, 0.15) is 35.7 Å². The molecule has 7 heteroatoms. The molecule has 164 valence electrons. The van der Waals surface area contributed by atoms with Gasteiger partial charge in [-0.2, -0.15) is 0 Å². The first-order chi connectivity index (χ1) is 15.1. The SMILES string of the molecule is CCOc1ccccc1/C=C/C(=O)Nc1cc(OC)c(OC)cc1C(=O)N1CCCC1. The molecule has 31 heavy (non-hydrogen) atoms. The first kappa shape index (κ1) is 22.2. The molecule has 3 rings (SSSR count). The number of amides is 2. The van der Waals surface area contributed by atoms with E-state index in [0.717, 1.165) is 18.4 Å². The van der Waals surface area contributed by atoms with Crippen molar-refractivity contribution in [1.82, 2.24) is 4.90 Å². The lowest BCUT2D eigenvalue weighted by Crippen LogP contribution is -2.28. The van der Waals surface area contributed by atoms with Gasteiger partial charge in [-0.1, -0.05) is 18.2 Å². The number of nitrogens with one attached hydrogen (secondary N) is 1. The Morgan fingerprint density at radius 2 is 1.71 bits per heavy atom. The molecule has 2 amide bonds. The number of carbonyl (C=O) groups is 2. The summed E-state index contributed by atoms with van der Waals surface area (Å²) in [5.74, 6) is 1.06. The van der Waals surface area contributed by atoms with Crippen LogP contribution in [-0.4, -0.2) is 50.6 Å². The van der Waals surface area contributed by atoms with E-state index >= 15 is 0 Å². The number of para-hydroxylation sites is 1. The van der Waals surface area contributed by atoms with Crippen molar-refractivity contribution < 1.29 is 23.8 Å². The van der Waals surface area contributed by atoms with E-state index in [1.807, 2.05) is 31.2 Å². The van der Waals surface area contributed by atoms with Gasteiger partial charge in [0.1, 0.15) is 5.75 Å². The van der Waals surface area contributed by atoms with Crippen molar-refractivity contribution in [3.8, 4) is 17.2 Å². The van der Waals surface area contributed by atoms with Gasteiger partial charge in [-0.05, 0) is 38.0 Å². The smallest absolute Gasteiger partial charge is 0.256 e. The van der Waals surface area contributed by atoms with Crippen LogP contribution in [0.25, 0.3) is 6.08 Å². The van der Waals surface area contributed by atoms with E-state index in [2.05, 4.69) is 5.32 Å². The van der Waals surface area contributed by atoms with E-state index in [-0.39, 0.29) is 11.8 Å². The van der Waals surface area contributed by atoms with Crippen molar-refractivity contribution >= 4 is 23.6 Å². The zero-order chi connectivity index (χ0) is 22.2. The Hall–Kier alpha value is -3.48. The first-order valence-corrected chi connectivity index (χ1v) is 10.3. The summed E-state index contributed by atoms with van der Waals surface area (Å²) in [7, 11) is 3.02. The van der Waals surface area contributed by atoms with Crippen LogP contribution in [0.4, 0.5) is 5.69 Å². The Morgan fingerprint density at radius 1 is 1.03 bits per heavy atom. The number of hydrogen-bond acceptors (Lipinski definition) is 5. The highest BCUT2D eigenvalue weighted by Crippen LogP contribution is 2.34. The van der Waals surface area contributed by atoms with E-state index in [4.69, 9.17) is 14.2 Å². The maximum atomic E-state index is 13.1. The van der Waals surface area contributed by atoms with Crippen LogP contribution in [0, 0.1) is 0 Å². The molecule has 0 bridgehead atoms. The number of carbonyl (C=O) groups excluding carboxylic acids is 2. The van der Waals surface area contributed by atoms with Gasteiger partial charge < -0.3 is 24.4 Å². The van der Waals surface area contributed by atoms with Crippen LogP contribution in [-0.2, 0) is 4.79 Å². The third-order valence-corrected chi connectivity index (χ3v) is 5.04. The molecule has 2 aromatic carbocycles. The van der Waals surface area contributed by atoms with Crippen LogP contribution >= 0.6 is 0 Å². The Labute approximate surface area is 182 Å². The molecule has 7 nitrogen and oxygen atoms in total. The minimum absolute atomic E-state index is 0.139. The van der Waals surface area contributed by atoms with E-state index in [1.54, 1.807) is 23.1 Å². The molecule has 0 aromatic heterocycles. The number of benzene rings is 2. The van der Waals surface area contributed by atoms with E-state index in [0.29, 0.717) is 48.2 Å². The fourth-order valence-electron chi connectivity index (χ4n) is 3.49. The topological polar surface area (TPSA) is 77.1 Å². The van der Waals surface area contributed by atoms with Crippen LogP contribution in [0.15, 0.2) is 42.5 Å². The third-order valence-electron chi connectivity index (χ3n) is 5.04. The molecule has 0 spiro atoms. The molecule has 0 saturated carbocycles. The summed E-state index contributed by atoms with van der Waals surface area (Å²) in [6.45, 7) is 3.84. The second-order valence-electron chi connectivity index (χ2n) is 7.05. The maximum absolute atomic E-state index is 13.1. The molecule has 0 atom stereocenters. The molecule has 1 N–H and O–H groups in total. The third kappa shape index (κ3) is 5.36. The average molecular weight is 424 g/mol. The zero-order valence-electron chi connectivity index (χ0n) is 18.1. The summed E-state index contributed by atoms with van der Waals surface area (Å²) in [6, 6.07) is 10.7. The minimum atomic E-state index is -0.367. The number of hydrogen-bond donors (Lipinski definition) is 1. The number of methoxy groups -OCH3 is 2. The number of anilines is 1. The molecule has 1 fully saturated rings. The van der Waals surface area contributed by atoms with Gasteiger partial charge in [-0.3, -0.25) is 9.59 Å². The zero-order valence-corrected chi connectivity index (χ0v) is 18.1. The fraction of sp³-hybridized carbons (Fsp3) is 0.333. The second-order valence-corrected chi connectivity index (χ2v) is 7.05. The number of nitrogens with zero attached hydrogens (tertiary/aromatic N) is 1. The average Bonchev–Trinajstić information content (AvgIpc) is 3.33. The summed E-state index contributed by atoms with van der Waals surface area (Å²) in [5, 5.41) is 2.81. The predicted octanol–water partition coefficient (Wildman–Crippen LogP) is 3.99. The van der Waals surface area contributed by atoms with E-state index in [9.17, 15) is 9.59 Å². The Kier molecular flexibility index (Phi) is 7.54. The lowest BCUT2D eigenvalue weighted by atomic mass is 10.1. The molecule has 0 radical (unpaired) electrons. The van der Waals surface area contributed by atoms with Crippen LogP contribution in [0.3, 0.4) is 0 Å². The molecular formula is C24H28N2O5. The summed E-state index contributed by atoms with van der Waals surface area (Å²) in [5.41, 5.74) is 1.54. The van der Waals surface area contributed by atoms with E-state index in [1.165, 1.54) is 20.3 Å². The van der Waals surface area contributed by atoms with Crippen molar-refractivity contribution in [2.75, 3.05) is 39.2 Å². The standard InChI is InChI=1S/C24H28N2O5/c1-4-31-20-10-6-5-9-17(20)11-12-23(27)25-19-16-22(30-3)21(29-2)15-18(19)24(28)26-13-7-8-14-26/h5-6,9-12,15-16H,4,7-8,13-14H2,1-3H3,(H,25,27)/b12-11+. The number of likely N-dealkylation sites (tertiary alicyclic amines) is 1. The molecule has 1 heterocycles. The second kappa shape index (κ2) is 10.5. The van der Waals surface area contributed by atoms with Gasteiger partial charge in [0, 0.05) is 30.8 Å². The van der Waals surface area contributed by atoms with Crippen LogP contribution in [0.5, 0.6) is 17.2 Å². The molecule has 2 aromatic rings.